The summed E-state index contributed by atoms with van der Waals surface area (Å²) in [5.74, 6) is 4.37. The molecule has 0 spiro atoms. The number of hydrogen-bond donors (Lipinski definition) is 2. The van der Waals surface area contributed by atoms with Crippen LogP contribution in [0.25, 0.3) is 0 Å². The number of aliphatic hydroxyl groups is 1. The number of nitrogens with one attached hydrogen (secondary N) is 1. The number of benzene rings is 1. The highest BCUT2D eigenvalue weighted by molar-refractivity contribution is 5.92. The van der Waals surface area contributed by atoms with Gasteiger partial charge in [-0.25, -0.2) is 0 Å². The highest BCUT2D eigenvalue weighted by atomic mass is 16.3. The van der Waals surface area contributed by atoms with E-state index in [0.717, 1.165) is 6.54 Å². The molecule has 0 atom stereocenters. The van der Waals surface area contributed by atoms with Gasteiger partial charge in [0.05, 0.1) is 5.41 Å². The van der Waals surface area contributed by atoms with E-state index >= 15 is 0 Å². The first-order valence-electron chi connectivity index (χ1n) is 11.2. The maximum absolute atomic E-state index is 13.3. The minimum atomic E-state index is 0.0134. The molecular formula is C24H29NO2. The van der Waals surface area contributed by atoms with Crippen molar-refractivity contribution in [1.82, 2.24) is 5.32 Å². The van der Waals surface area contributed by atoms with Crippen LogP contribution in [0.15, 0.2) is 30.3 Å². The van der Waals surface area contributed by atoms with E-state index in [9.17, 15) is 9.90 Å². The Morgan fingerprint density at radius 3 is 2.07 bits per heavy atom. The second-order valence-electron chi connectivity index (χ2n) is 10.6. The minimum absolute atomic E-state index is 0.0134. The van der Waals surface area contributed by atoms with Crippen molar-refractivity contribution in [2.45, 2.75) is 43.9 Å². The van der Waals surface area contributed by atoms with Crippen LogP contribution in [0.3, 0.4) is 0 Å². The number of carbonyl (C=O) groups excluding carboxylic acids is 1. The van der Waals surface area contributed by atoms with Gasteiger partial charge >= 0.3 is 0 Å². The van der Waals surface area contributed by atoms with E-state index in [-0.39, 0.29) is 10.8 Å². The van der Waals surface area contributed by atoms with Gasteiger partial charge in [-0.1, -0.05) is 56.0 Å². The first-order valence-corrected chi connectivity index (χ1v) is 11.2. The Labute approximate surface area is 160 Å². The van der Waals surface area contributed by atoms with E-state index < -0.39 is 0 Å². The molecule has 1 aromatic rings. The van der Waals surface area contributed by atoms with Crippen molar-refractivity contribution in [1.29, 1.82) is 0 Å². The van der Waals surface area contributed by atoms with Crippen LogP contribution in [0, 0.1) is 46.3 Å². The van der Waals surface area contributed by atoms with Crippen molar-refractivity contribution >= 4 is 5.91 Å². The Morgan fingerprint density at radius 1 is 0.926 bits per heavy atom. The van der Waals surface area contributed by atoms with Gasteiger partial charge in [-0.05, 0) is 53.9 Å². The highest BCUT2D eigenvalue weighted by Crippen LogP contribution is 3.10. The smallest absolute Gasteiger partial charge is 0.227 e. The van der Waals surface area contributed by atoms with Gasteiger partial charge < -0.3 is 10.4 Å². The molecule has 0 saturated heterocycles. The average Bonchev–Trinajstić information content (AvgIpc) is 2.99. The molecule has 0 unspecified atom stereocenters. The van der Waals surface area contributed by atoms with Crippen molar-refractivity contribution in [2.75, 3.05) is 13.2 Å². The monoisotopic (exact) mass is 363 g/mol. The number of amides is 1. The molecule has 0 radical (unpaired) electrons. The van der Waals surface area contributed by atoms with E-state index in [1.807, 2.05) is 0 Å². The Hall–Kier alpha value is -1.35. The van der Waals surface area contributed by atoms with Crippen molar-refractivity contribution < 1.29 is 9.90 Å². The van der Waals surface area contributed by atoms with Crippen LogP contribution in [0.2, 0.25) is 0 Å². The second kappa shape index (κ2) is 4.62. The highest BCUT2D eigenvalue weighted by Gasteiger charge is 3.11. The average molecular weight is 364 g/mol. The molecule has 7 saturated carbocycles. The van der Waals surface area contributed by atoms with Gasteiger partial charge in [-0.15, -0.1) is 0 Å². The fourth-order valence-electron chi connectivity index (χ4n) is 9.69. The molecule has 0 bridgehead atoms. The van der Waals surface area contributed by atoms with Gasteiger partial charge in [0.25, 0.3) is 0 Å². The van der Waals surface area contributed by atoms with Gasteiger partial charge in [-0.2, -0.15) is 0 Å². The van der Waals surface area contributed by atoms with Crippen molar-refractivity contribution in [3.63, 3.8) is 0 Å². The maximum Gasteiger partial charge on any atom is 0.227 e. The number of rotatable bonds is 5. The lowest BCUT2D eigenvalue weighted by atomic mass is 8.92. The lowest BCUT2D eigenvalue weighted by Crippen LogP contribution is -3.11. The first-order chi connectivity index (χ1) is 13.2. The number of hydrogen-bond acceptors (Lipinski definition) is 2. The summed E-state index contributed by atoms with van der Waals surface area (Å²) in [5.41, 5.74) is 1.85. The summed E-state index contributed by atoms with van der Waals surface area (Å²) in [7, 11) is 0. The third kappa shape index (κ3) is 1.30. The van der Waals surface area contributed by atoms with Crippen molar-refractivity contribution in [3.8, 4) is 0 Å². The molecule has 0 aromatic heterocycles. The molecule has 2 N–H and O–H groups in total. The van der Waals surface area contributed by atoms with E-state index in [1.165, 1.54) is 44.1 Å². The zero-order chi connectivity index (χ0) is 18.0. The van der Waals surface area contributed by atoms with Gasteiger partial charge in [0.15, 0.2) is 0 Å². The first kappa shape index (κ1) is 15.6. The molecule has 3 nitrogen and oxygen atoms in total. The van der Waals surface area contributed by atoms with Gasteiger partial charge in [0, 0.05) is 24.0 Å². The van der Waals surface area contributed by atoms with Crippen molar-refractivity contribution in [3.05, 3.63) is 35.9 Å². The summed E-state index contributed by atoms with van der Waals surface area (Å²) in [6.45, 7) is 1.19. The third-order valence-electron chi connectivity index (χ3n) is 10.5. The Morgan fingerprint density at radius 2 is 1.52 bits per heavy atom. The molecule has 8 rings (SSSR count). The van der Waals surface area contributed by atoms with Gasteiger partial charge in [0.1, 0.15) is 0 Å². The van der Waals surface area contributed by atoms with Gasteiger partial charge in [0.2, 0.25) is 5.91 Å². The lowest BCUT2D eigenvalue weighted by molar-refractivity contribution is -0.644. The summed E-state index contributed by atoms with van der Waals surface area (Å²) >= 11 is 0. The third-order valence-corrected chi connectivity index (χ3v) is 10.5. The second-order valence-corrected chi connectivity index (χ2v) is 10.6. The summed E-state index contributed by atoms with van der Waals surface area (Å²) < 4.78 is 0. The molecular weight excluding hydrogens is 334 g/mol. The van der Waals surface area contributed by atoms with Crippen LogP contribution in [0.4, 0.5) is 0 Å². The number of aliphatic hydroxyl groups excluding tert-OH is 1. The van der Waals surface area contributed by atoms with Crippen LogP contribution in [0.1, 0.15) is 44.1 Å². The standard InChI is InChI=1S/C24H29NO2/c26-13-23-15-18-16(23)20-17(23)19(15)24(18,20)21(27)25-12-22(10-6-1-2-7-11-22)14-8-4-3-5-9-14/h3-5,8-9,15-20,26H,1-2,6-7,10-13H2,(H,25,27). The molecule has 7 aliphatic carbocycles. The Balaban J connectivity index is 1.11. The topological polar surface area (TPSA) is 49.3 Å². The molecule has 7 fully saturated rings. The van der Waals surface area contributed by atoms with Crippen LogP contribution in [-0.2, 0) is 10.2 Å². The molecule has 1 amide bonds. The molecule has 0 heterocycles. The molecule has 142 valence electrons. The summed E-state index contributed by atoms with van der Waals surface area (Å²) in [6.07, 6.45) is 7.59. The quantitative estimate of drug-likeness (QED) is 0.790. The Bertz CT molecular complexity index is 768. The molecule has 1 aromatic carbocycles. The fraction of sp³-hybridized carbons (Fsp3) is 0.708. The molecule has 27 heavy (non-hydrogen) atoms. The zero-order valence-corrected chi connectivity index (χ0v) is 15.9. The summed E-state index contributed by atoms with van der Waals surface area (Å²) in [4.78, 5) is 13.3. The SMILES string of the molecule is O=C(NCC1(c2ccccc2)CCCCCC1)C12C3C4C1C1C2C3C41CO. The largest absolute Gasteiger partial charge is 0.396 e. The molecule has 7 aliphatic rings. The van der Waals surface area contributed by atoms with Gasteiger partial charge in [-0.3, -0.25) is 4.79 Å². The fourth-order valence-corrected chi connectivity index (χ4v) is 9.69. The predicted octanol–water partition coefficient (Wildman–Crippen LogP) is 3.13. The predicted molar refractivity (Wildman–Crippen MR) is 102 cm³/mol. The van der Waals surface area contributed by atoms with Crippen molar-refractivity contribution in [2.24, 2.45) is 46.3 Å². The summed E-state index contributed by atoms with van der Waals surface area (Å²) in [6, 6.07) is 10.9. The lowest BCUT2D eigenvalue weighted by Gasteiger charge is -3.10. The maximum atomic E-state index is 13.3. The van der Waals surface area contributed by atoms with Crippen LogP contribution < -0.4 is 5.32 Å². The zero-order valence-electron chi connectivity index (χ0n) is 15.9. The van der Waals surface area contributed by atoms with E-state index in [1.54, 1.807) is 0 Å². The van der Waals surface area contributed by atoms with Crippen LogP contribution in [-0.4, -0.2) is 24.2 Å². The normalized spacial score (nSPS) is 51.3. The van der Waals surface area contributed by atoms with E-state index in [2.05, 4.69) is 35.6 Å². The van der Waals surface area contributed by atoms with Crippen LogP contribution >= 0.6 is 0 Å². The van der Waals surface area contributed by atoms with E-state index in [4.69, 9.17) is 0 Å². The molecule has 3 heteroatoms. The van der Waals surface area contributed by atoms with Crippen LogP contribution in [0.5, 0.6) is 0 Å². The van der Waals surface area contributed by atoms with E-state index in [0.29, 0.717) is 53.4 Å². The molecule has 0 aliphatic heterocycles. The minimum Gasteiger partial charge on any atom is -0.396 e. The Kier molecular flexibility index (Phi) is 2.66. The summed E-state index contributed by atoms with van der Waals surface area (Å²) in [5, 5.41) is 13.3. The number of carbonyl (C=O) groups is 1.